The number of carbonyl (C=O) groups excluding carboxylic acids is 1. The standard InChI is InChI=1S/C22H21N3O3/c26-21(18-5-7-20(8-6-18)25-11-2-10-23-25)24-12-9-17(15-24)13-16-3-1-4-19(14-16)22(27)28/h1-8,10-11,14,17H,9,12-13,15H2,(H,27,28)/t17-/m0/s1. The number of carboxylic acid groups (broad SMARTS) is 1. The van der Waals surface area contributed by atoms with E-state index in [0.29, 0.717) is 23.6 Å². The van der Waals surface area contributed by atoms with Gasteiger partial charge in [-0.1, -0.05) is 12.1 Å². The highest BCUT2D eigenvalue weighted by Crippen LogP contribution is 2.23. The molecule has 0 unspecified atom stereocenters. The second-order valence-corrected chi connectivity index (χ2v) is 7.11. The van der Waals surface area contributed by atoms with E-state index in [9.17, 15) is 9.59 Å². The number of carbonyl (C=O) groups is 2. The third-order valence-electron chi connectivity index (χ3n) is 5.15. The minimum Gasteiger partial charge on any atom is -0.478 e. The van der Waals surface area contributed by atoms with Gasteiger partial charge in [-0.2, -0.15) is 5.10 Å². The third kappa shape index (κ3) is 3.81. The van der Waals surface area contributed by atoms with Crippen LogP contribution in [0.25, 0.3) is 5.69 Å². The van der Waals surface area contributed by atoms with Crippen LogP contribution in [0.2, 0.25) is 0 Å². The molecule has 3 aromatic rings. The highest BCUT2D eigenvalue weighted by Gasteiger charge is 2.27. The molecule has 142 valence electrons. The number of aromatic nitrogens is 2. The summed E-state index contributed by atoms with van der Waals surface area (Å²) in [6.45, 7) is 1.42. The van der Waals surface area contributed by atoms with Crippen molar-refractivity contribution in [3.8, 4) is 5.69 Å². The van der Waals surface area contributed by atoms with Gasteiger partial charge in [0.1, 0.15) is 0 Å². The van der Waals surface area contributed by atoms with E-state index in [4.69, 9.17) is 5.11 Å². The molecule has 6 heteroatoms. The lowest BCUT2D eigenvalue weighted by molar-refractivity contribution is 0.0696. The Hall–Kier alpha value is -3.41. The van der Waals surface area contributed by atoms with Crippen LogP contribution in [0.15, 0.2) is 67.0 Å². The minimum absolute atomic E-state index is 0.0359. The molecule has 1 saturated heterocycles. The van der Waals surface area contributed by atoms with Gasteiger partial charge in [0, 0.05) is 31.0 Å². The average Bonchev–Trinajstić information content (AvgIpc) is 3.40. The Kier molecular flexibility index (Phi) is 4.93. The maximum atomic E-state index is 12.8. The molecule has 2 heterocycles. The Labute approximate surface area is 163 Å². The van der Waals surface area contributed by atoms with Crippen molar-refractivity contribution in [1.82, 2.24) is 14.7 Å². The minimum atomic E-state index is -0.913. The van der Waals surface area contributed by atoms with Crippen molar-refractivity contribution in [3.05, 3.63) is 83.7 Å². The predicted octanol–water partition coefficient (Wildman–Crippen LogP) is 3.28. The van der Waals surface area contributed by atoms with Gasteiger partial charge in [0.25, 0.3) is 5.91 Å². The number of likely N-dealkylation sites (tertiary alicyclic amines) is 1. The fourth-order valence-corrected chi connectivity index (χ4v) is 3.71. The molecule has 4 rings (SSSR count). The van der Waals surface area contributed by atoms with E-state index in [2.05, 4.69) is 5.10 Å². The number of amides is 1. The largest absolute Gasteiger partial charge is 0.478 e. The Balaban J connectivity index is 1.39. The predicted molar refractivity (Wildman–Crippen MR) is 105 cm³/mol. The first-order valence-corrected chi connectivity index (χ1v) is 9.32. The summed E-state index contributed by atoms with van der Waals surface area (Å²) in [5.41, 5.74) is 2.90. The highest BCUT2D eigenvalue weighted by atomic mass is 16.4. The zero-order chi connectivity index (χ0) is 19.5. The maximum Gasteiger partial charge on any atom is 0.335 e. The molecule has 0 aliphatic carbocycles. The van der Waals surface area contributed by atoms with E-state index in [1.165, 1.54) is 0 Å². The molecule has 1 aliphatic rings. The summed E-state index contributed by atoms with van der Waals surface area (Å²) >= 11 is 0. The first-order valence-electron chi connectivity index (χ1n) is 9.32. The zero-order valence-corrected chi connectivity index (χ0v) is 15.4. The molecular formula is C22H21N3O3. The van der Waals surface area contributed by atoms with E-state index in [1.807, 2.05) is 47.5 Å². The van der Waals surface area contributed by atoms with Gasteiger partial charge < -0.3 is 10.0 Å². The fraction of sp³-hybridized carbons (Fsp3) is 0.227. The smallest absolute Gasteiger partial charge is 0.335 e. The van der Waals surface area contributed by atoms with Crippen molar-refractivity contribution < 1.29 is 14.7 Å². The first-order chi connectivity index (χ1) is 13.6. The molecule has 0 spiro atoms. The summed E-state index contributed by atoms with van der Waals surface area (Å²) in [5, 5.41) is 13.3. The Morgan fingerprint density at radius 2 is 1.89 bits per heavy atom. The zero-order valence-electron chi connectivity index (χ0n) is 15.4. The molecule has 6 nitrogen and oxygen atoms in total. The number of hydrogen-bond acceptors (Lipinski definition) is 3. The maximum absolute atomic E-state index is 12.8. The molecule has 1 aliphatic heterocycles. The number of carboxylic acids is 1. The van der Waals surface area contributed by atoms with Gasteiger partial charge in [0.15, 0.2) is 0 Å². The second-order valence-electron chi connectivity index (χ2n) is 7.11. The molecule has 1 fully saturated rings. The van der Waals surface area contributed by atoms with Gasteiger partial charge in [-0.3, -0.25) is 4.79 Å². The van der Waals surface area contributed by atoms with Crippen molar-refractivity contribution >= 4 is 11.9 Å². The third-order valence-corrected chi connectivity index (χ3v) is 5.15. The fourth-order valence-electron chi connectivity index (χ4n) is 3.71. The summed E-state index contributed by atoms with van der Waals surface area (Å²) in [6.07, 6.45) is 5.29. The van der Waals surface area contributed by atoms with E-state index in [0.717, 1.165) is 30.6 Å². The van der Waals surface area contributed by atoms with E-state index >= 15 is 0 Å². The number of hydrogen-bond donors (Lipinski definition) is 1. The number of benzene rings is 2. The first kappa shape index (κ1) is 18.0. The number of rotatable bonds is 5. The molecule has 0 saturated carbocycles. The lowest BCUT2D eigenvalue weighted by Crippen LogP contribution is -2.28. The molecule has 1 atom stereocenters. The van der Waals surface area contributed by atoms with Crippen molar-refractivity contribution in [1.29, 1.82) is 0 Å². The normalized spacial score (nSPS) is 16.3. The highest BCUT2D eigenvalue weighted by molar-refractivity contribution is 5.94. The molecule has 28 heavy (non-hydrogen) atoms. The summed E-state index contributed by atoms with van der Waals surface area (Å²) in [7, 11) is 0. The van der Waals surface area contributed by atoms with Crippen LogP contribution in [0.3, 0.4) is 0 Å². The molecular weight excluding hydrogens is 354 g/mol. The van der Waals surface area contributed by atoms with Crippen LogP contribution in [-0.2, 0) is 6.42 Å². The molecule has 0 radical (unpaired) electrons. The Morgan fingerprint density at radius 3 is 2.61 bits per heavy atom. The lowest BCUT2D eigenvalue weighted by atomic mass is 9.97. The van der Waals surface area contributed by atoms with E-state index in [-0.39, 0.29) is 5.91 Å². The van der Waals surface area contributed by atoms with Gasteiger partial charge in [0.2, 0.25) is 0 Å². The van der Waals surface area contributed by atoms with E-state index in [1.54, 1.807) is 29.1 Å². The van der Waals surface area contributed by atoms with Crippen molar-refractivity contribution in [2.24, 2.45) is 5.92 Å². The number of nitrogens with zero attached hydrogens (tertiary/aromatic N) is 3. The van der Waals surface area contributed by atoms with Gasteiger partial charge in [-0.05, 0) is 66.8 Å². The summed E-state index contributed by atoms with van der Waals surface area (Å²) in [6, 6.07) is 16.4. The van der Waals surface area contributed by atoms with Crippen LogP contribution in [0, 0.1) is 5.92 Å². The van der Waals surface area contributed by atoms with Crippen LogP contribution >= 0.6 is 0 Å². The van der Waals surface area contributed by atoms with Crippen molar-refractivity contribution in [2.75, 3.05) is 13.1 Å². The lowest BCUT2D eigenvalue weighted by Gasteiger charge is -2.17. The molecule has 0 bridgehead atoms. The van der Waals surface area contributed by atoms with Crippen LogP contribution in [0.4, 0.5) is 0 Å². The van der Waals surface area contributed by atoms with Gasteiger partial charge in [-0.25, -0.2) is 9.48 Å². The van der Waals surface area contributed by atoms with E-state index < -0.39 is 5.97 Å². The van der Waals surface area contributed by atoms with Gasteiger partial charge in [-0.15, -0.1) is 0 Å². The number of aromatic carboxylic acids is 1. The SMILES string of the molecule is O=C(O)c1cccc(C[C@@H]2CCN(C(=O)c3ccc(-n4cccn4)cc3)C2)c1. The molecule has 1 aromatic heterocycles. The summed E-state index contributed by atoms with van der Waals surface area (Å²) in [5.74, 6) is -0.534. The van der Waals surface area contributed by atoms with Crippen LogP contribution in [0.1, 0.15) is 32.7 Å². The van der Waals surface area contributed by atoms with Crippen LogP contribution < -0.4 is 0 Å². The quantitative estimate of drug-likeness (QED) is 0.743. The van der Waals surface area contributed by atoms with Crippen molar-refractivity contribution in [2.45, 2.75) is 12.8 Å². The van der Waals surface area contributed by atoms with Gasteiger partial charge in [0.05, 0.1) is 11.3 Å². The molecule has 2 aromatic carbocycles. The van der Waals surface area contributed by atoms with Crippen molar-refractivity contribution in [3.63, 3.8) is 0 Å². The average molecular weight is 375 g/mol. The summed E-state index contributed by atoms with van der Waals surface area (Å²) < 4.78 is 1.76. The second kappa shape index (κ2) is 7.68. The van der Waals surface area contributed by atoms with Crippen LogP contribution in [-0.4, -0.2) is 44.8 Å². The molecule has 1 N–H and O–H groups in total. The Bertz CT molecular complexity index is 981. The monoisotopic (exact) mass is 375 g/mol. The van der Waals surface area contributed by atoms with Gasteiger partial charge >= 0.3 is 5.97 Å². The molecule has 1 amide bonds. The van der Waals surface area contributed by atoms with Crippen LogP contribution in [0.5, 0.6) is 0 Å². The topological polar surface area (TPSA) is 75.4 Å². The Morgan fingerprint density at radius 1 is 1.07 bits per heavy atom. The summed E-state index contributed by atoms with van der Waals surface area (Å²) in [4.78, 5) is 25.8.